The zero-order valence-electron chi connectivity index (χ0n) is 12.5. The van der Waals surface area contributed by atoms with Gasteiger partial charge in [-0.15, -0.1) is 22.0 Å². The van der Waals surface area contributed by atoms with Gasteiger partial charge in [0.05, 0.1) is 11.3 Å². The van der Waals surface area contributed by atoms with Crippen molar-refractivity contribution in [3.63, 3.8) is 0 Å². The Balaban J connectivity index is 1.81. The number of H-pyrrole nitrogens is 1. The van der Waals surface area contributed by atoms with Crippen LogP contribution < -0.4 is 5.32 Å². The number of aromatic nitrogens is 4. The lowest BCUT2D eigenvalue weighted by atomic mass is 9.91. The van der Waals surface area contributed by atoms with Crippen LogP contribution in [-0.2, 0) is 14.4 Å². The maximum Gasteiger partial charge on any atom is 0.352 e. The zero-order chi connectivity index (χ0) is 17.3. The molecule has 3 rings (SSSR count). The van der Waals surface area contributed by atoms with Crippen LogP contribution in [0.4, 0.5) is 0 Å². The molecule has 0 aromatic carbocycles. The van der Waals surface area contributed by atoms with Crippen molar-refractivity contribution in [2.24, 2.45) is 5.92 Å². The van der Waals surface area contributed by atoms with Gasteiger partial charge < -0.3 is 10.4 Å². The molecule has 3 N–H and O–H groups in total. The lowest BCUT2D eigenvalue weighted by Gasteiger charge is -2.50. The summed E-state index contributed by atoms with van der Waals surface area (Å²) >= 11 is 2.67. The Morgan fingerprint density at radius 1 is 1.62 bits per heavy atom. The maximum absolute atomic E-state index is 12.5. The molecule has 0 bridgehead atoms. The highest BCUT2D eigenvalue weighted by Gasteiger charge is 2.55. The van der Waals surface area contributed by atoms with Gasteiger partial charge in [0.2, 0.25) is 17.0 Å². The summed E-state index contributed by atoms with van der Waals surface area (Å²) in [5.74, 6) is -1.62. The van der Waals surface area contributed by atoms with Crippen molar-refractivity contribution in [1.29, 1.82) is 0 Å². The summed E-state index contributed by atoms with van der Waals surface area (Å²) in [6.07, 6.45) is 1.63. The summed E-state index contributed by atoms with van der Waals surface area (Å²) in [6.45, 7) is 0. The van der Waals surface area contributed by atoms with Crippen LogP contribution in [0.25, 0.3) is 0 Å². The van der Waals surface area contributed by atoms with Crippen molar-refractivity contribution in [3.05, 3.63) is 11.8 Å². The third kappa shape index (κ3) is 2.98. The first kappa shape index (κ1) is 16.8. The predicted molar refractivity (Wildman–Crippen MR) is 84.8 cm³/mol. The number of carboxylic acids is 1. The summed E-state index contributed by atoms with van der Waals surface area (Å²) in [6, 6.07) is 0. The fraction of sp³-hybridized carbons (Fsp3) is 0.500. The van der Waals surface area contributed by atoms with Gasteiger partial charge in [-0.05, 0) is 11.3 Å². The van der Waals surface area contributed by atoms with E-state index in [0.717, 1.165) is 0 Å². The predicted octanol–water partition coefficient (Wildman–Crippen LogP) is -0.704. The first-order chi connectivity index (χ1) is 11.5. The van der Waals surface area contributed by atoms with Crippen molar-refractivity contribution >= 4 is 41.3 Å². The number of fused-ring (bicyclic) bond motifs is 1. The average Bonchev–Trinajstić information content (AvgIpc) is 3.06. The van der Waals surface area contributed by atoms with Gasteiger partial charge in [-0.3, -0.25) is 14.5 Å². The van der Waals surface area contributed by atoms with E-state index in [-0.39, 0.29) is 29.3 Å². The average molecular weight is 370 g/mol. The third-order valence-electron chi connectivity index (χ3n) is 3.76. The minimum atomic E-state index is -1.12. The number of β-lactam (4-membered cyclic amide) rings is 1. The molecule has 0 saturated carbocycles. The number of aliphatic carboxylic acids is 1. The van der Waals surface area contributed by atoms with Crippen molar-refractivity contribution in [2.45, 2.75) is 22.2 Å². The molecule has 2 aliphatic rings. The second kappa shape index (κ2) is 6.81. The minimum Gasteiger partial charge on any atom is -0.477 e. The number of nitrogens with one attached hydrogen (secondary N) is 2. The highest BCUT2D eigenvalue weighted by Crippen LogP contribution is 2.47. The summed E-state index contributed by atoms with van der Waals surface area (Å²) in [5, 5.41) is 24.9. The van der Waals surface area contributed by atoms with Gasteiger partial charge in [0.1, 0.15) is 5.70 Å². The molecule has 2 aliphatic heterocycles. The number of amides is 2. The molecule has 128 valence electrons. The quantitative estimate of drug-likeness (QED) is 0.437. The number of carbonyl (C=O) groups is 3. The fourth-order valence-corrected chi connectivity index (χ4v) is 5.17. The van der Waals surface area contributed by atoms with Crippen molar-refractivity contribution in [2.75, 3.05) is 12.8 Å². The van der Waals surface area contributed by atoms with Crippen molar-refractivity contribution < 1.29 is 19.5 Å². The minimum absolute atomic E-state index is 0.00301. The third-order valence-corrected chi connectivity index (χ3v) is 6.11. The fourth-order valence-electron chi connectivity index (χ4n) is 2.64. The maximum atomic E-state index is 12.5. The molecule has 10 nitrogen and oxygen atoms in total. The van der Waals surface area contributed by atoms with Gasteiger partial charge in [0, 0.05) is 24.5 Å². The Hall–Kier alpha value is -2.08. The van der Waals surface area contributed by atoms with Gasteiger partial charge in [-0.1, -0.05) is 11.8 Å². The summed E-state index contributed by atoms with van der Waals surface area (Å²) in [4.78, 5) is 36.9. The SMILES string of the molecule is CNC(=O)CC(Sc1nn[nH]n1)C1C(=O)N2C(C(=O)O)=CCS[C@@H]12. The Morgan fingerprint density at radius 2 is 2.42 bits per heavy atom. The van der Waals surface area contributed by atoms with E-state index in [1.165, 1.54) is 41.5 Å². The summed E-state index contributed by atoms with van der Waals surface area (Å²) in [7, 11) is 1.52. The van der Waals surface area contributed by atoms with Crippen molar-refractivity contribution in [3.8, 4) is 0 Å². The largest absolute Gasteiger partial charge is 0.477 e. The van der Waals surface area contributed by atoms with Gasteiger partial charge in [-0.25, -0.2) is 4.79 Å². The molecule has 0 spiro atoms. The van der Waals surface area contributed by atoms with Crippen LogP contribution in [0.15, 0.2) is 16.9 Å². The standard InChI is InChI=1S/C12H14N6O4S2/c1-13-7(19)4-6(24-12-14-16-17-15-12)8-9(20)18-5(11(21)22)2-3-23-10(8)18/h2,6,8,10H,3-4H2,1H3,(H,13,19)(H,21,22)(H,14,15,16,17)/t6?,8?,10-/m0/s1. The first-order valence-electron chi connectivity index (χ1n) is 7.01. The Bertz CT molecular complexity index is 694. The number of carbonyl (C=O) groups excluding carboxylic acids is 2. The number of hydrogen-bond acceptors (Lipinski definition) is 8. The number of tetrazole rings is 1. The molecule has 2 unspecified atom stereocenters. The smallest absolute Gasteiger partial charge is 0.352 e. The molecule has 12 heteroatoms. The van der Waals surface area contributed by atoms with Crippen LogP contribution in [0.2, 0.25) is 0 Å². The molecular formula is C12H14N6O4S2. The normalized spacial score (nSPS) is 23.8. The molecule has 24 heavy (non-hydrogen) atoms. The van der Waals surface area contributed by atoms with Gasteiger partial charge in [0.15, 0.2) is 0 Å². The zero-order valence-corrected chi connectivity index (χ0v) is 14.1. The first-order valence-corrected chi connectivity index (χ1v) is 8.94. The molecule has 0 aliphatic carbocycles. The number of thioether (sulfide) groups is 2. The molecular weight excluding hydrogens is 356 g/mol. The van der Waals surface area contributed by atoms with E-state index >= 15 is 0 Å². The molecule has 2 amide bonds. The van der Waals surface area contributed by atoms with E-state index < -0.39 is 17.1 Å². The summed E-state index contributed by atoms with van der Waals surface area (Å²) < 4.78 is 0. The number of aromatic amines is 1. The van der Waals surface area contributed by atoms with Crippen LogP contribution in [0.1, 0.15) is 6.42 Å². The lowest BCUT2D eigenvalue weighted by Crippen LogP contribution is -2.64. The number of carboxylic acid groups (broad SMARTS) is 1. The van der Waals surface area contributed by atoms with E-state index in [1.54, 1.807) is 0 Å². The molecule has 1 aromatic rings. The Kier molecular flexibility index (Phi) is 4.76. The van der Waals surface area contributed by atoms with Crippen LogP contribution in [0, 0.1) is 5.92 Å². The lowest BCUT2D eigenvalue weighted by molar-refractivity contribution is -0.152. The monoisotopic (exact) mass is 370 g/mol. The topological polar surface area (TPSA) is 141 Å². The molecule has 3 atom stereocenters. The second-order valence-corrected chi connectivity index (χ2v) is 7.44. The van der Waals surface area contributed by atoms with Crippen LogP contribution >= 0.6 is 23.5 Å². The number of hydrogen-bond donors (Lipinski definition) is 3. The number of nitrogens with zero attached hydrogens (tertiary/aromatic N) is 4. The van der Waals surface area contributed by atoms with Crippen molar-refractivity contribution in [1.82, 2.24) is 30.8 Å². The van der Waals surface area contributed by atoms with E-state index in [0.29, 0.717) is 10.9 Å². The van der Waals surface area contributed by atoms with E-state index in [1.807, 2.05) is 0 Å². The second-order valence-electron chi connectivity index (χ2n) is 5.08. The molecule has 0 radical (unpaired) electrons. The van der Waals surface area contributed by atoms with Gasteiger partial charge >= 0.3 is 5.97 Å². The van der Waals surface area contributed by atoms with E-state index in [2.05, 4.69) is 25.9 Å². The molecule has 1 aromatic heterocycles. The number of rotatable bonds is 6. The highest BCUT2D eigenvalue weighted by molar-refractivity contribution is 8.01. The van der Waals surface area contributed by atoms with Crippen LogP contribution in [-0.4, -0.2) is 71.8 Å². The van der Waals surface area contributed by atoms with Gasteiger partial charge in [0.25, 0.3) is 0 Å². The highest BCUT2D eigenvalue weighted by atomic mass is 32.2. The molecule has 1 saturated heterocycles. The van der Waals surface area contributed by atoms with Gasteiger partial charge in [-0.2, -0.15) is 5.21 Å². The Labute approximate surface area is 144 Å². The molecule has 3 heterocycles. The molecule has 1 fully saturated rings. The Morgan fingerprint density at radius 3 is 3.04 bits per heavy atom. The summed E-state index contributed by atoms with van der Waals surface area (Å²) in [5.41, 5.74) is 0.00301. The van der Waals surface area contributed by atoms with Crippen LogP contribution in [0.5, 0.6) is 0 Å². The van der Waals surface area contributed by atoms with Crippen LogP contribution in [0.3, 0.4) is 0 Å². The van der Waals surface area contributed by atoms with E-state index in [4.69, 9.17) is 0 Å². The van der Waals surface area contributed by atoms with E-state index in [9.17, 15) is 19.5 Å².